The first-order chi connectivity index (χ1) is 12.3. The summed E-state index contributed by atoms with van der Waals surface area (Å²) in [5.74, 6) is 0.551. The van der Waals surface area contributed by atoms with E-state index in [9.17, 15) is 4.79 Å². The number of benzene rings is 2. The number of esters is 1. The fraction of sp³-hybridized carbons (Fsp3) is 0.381. The molecule has 26 heavy (non-hydrogen) atoms. The van der Waals surface area contributed by atoms with Crippen molar-refractivity contribution in [2.75, 3.05) is 12.0 Å². The van der Waals surface area contributed by atoms with Gasteiger partial charge in [-0.05, 0) is 68.3 Å². The van der Waals surface area contributed by atoms with E-state index in [0.717, 1.165) is 17.1 Å². The molecule has 0 amide bonds. The van der Waals surface area contributed by atoms with Crippen LogP contribution < -0.4 is 9.64 Å². The molecule has 140 valence electrons. The second-order valence-electron chi connectivity index (χ2n) is 6.72. The van der Waals surface area contributed by atoms with Crippen molar-refractivity contribution in [3.63, 3.8) is 0 Å². The van der Waals surface area contributed by atoms with Crippen LogP contribution in [0.1, 0.15) is 27.7 Å². The summed E-state index contributed by atoms with van der Waals surface area (Å²) in [6, 6.07) is 14.6. The Kier molecular flexibility index (Phi) is 6.92. The number of carbonyl (C=O) groups excluding carboxylic acids is 1. The van der Waals surface area contributed by atoms with Gasteiger partial charge in [0.2, 0.25) is 0 Å². The molecule has 0 heterocycles. The third-order valence-corrected chi connectivity index (χ3v) is 4.21. The molecule has 0 aliphatic rings. The van der Waals surface area contributed by atoms with Gasteiger partial charge in [0, 0.05) is 16.4 Å². The predicted octanol–water partition coefficient (Wildman–Crippen LogP) is 5.46. The van der Waals surface area contributed by atoms with Gasteiger partial charge in [0.25, 0.3) is 0 Å². The van der Waals surface area contributed by atoms with Gasteiger partial charge in [-0.3, -0.25) is 0 Å². The lowest BCUT2D eigenvalue weighted by Gasteiger charge is -2.35. The van der Waals surface area contributed by atoms with Crippen molar-refractivity contribution >= 4 is 28.9 Å². The van der Waals surface area contributed by atoms with Gasteiger partial charge in [0.05, 0.1) is 13.2 Å². The van der Waals surface area contributed by atoms with Crippen LogP contribution in [-0.4, -0.2) is 25.2 Å². The van der Waals surface area contributed by atoms with Gasteiger partial charge in [0.15, 0.2) is 0 Å². The summed E-state index contributed by atoms with van der Waals surface area (Å²) in [6.45, 7) is 7.74. The summed E-state index contributed by atoms with van der Waals surface area (Å²) in [7, 11) is 1.63. The average Bonchev–Trinajstić information content (AvgIpc) is 2.59. The number of anilines is 2. The Labute approximate surface area is 160 Å². The van der Waals surface area contributed by atoms with Crippen molar-refractivity contribution in [2.45, 2.75) is 39.8 Å². The van der Waals surface area contributed by atoms with Crippen LogP contribution in [0.3, 0.4) is 0 Å². The minimum Gasteiger partial charge on any atom is -0.497 e. The monoisotopic (exact) mass is 375 g/mol. The van der Waals surface area contributed by atoms with E-state index in [1.807, 2.05) is 81.1 Å². The Hall–Kier alpha value is -2.20. The predicted molar refractivity (Wildman–Crippen MR) is 106 cm³/mol. The van der Waals surface area contributed by atoms with Crippen LogP contribution >= 0.6 is 11.6 Å². The second kappa shape index (κ2) is 8.95. The first-order valence-corrected chi connectivity index (χ1v) is 9.10. The number of nitrogens with zero attached hydrogens (tertiary/aromatic N) is 1. The highest BCUT2D eigenvalue weighted by molar-refractivity contribution is 6.30. The van der Waals surface area contributed by atoms with Gasteiger partial charge in [0.1, 0.15) is 11.8 Å². The number of methoxy groups -OCH3 is 1. The zero-order valence-corrected chi connectivity index (χ0v) is 16.7. The third-order valence-electron chi connectivity index (χ3n) is 3.96. The number of rotatable bonds is 7. The molecule has 2 aromatic carbocycles. The van der Waals surface area contributed by atoms with Crippen molar-refractivity contribution in [3.05, 3.63) is 53.6 Å². The second-order valence-corrected chi connectivity index (χ2v) is 7.16. The maximum atomic E-state index is 12.9. The SMILES string of the molecule is COc1ccc(N(c2ccc(Cl)cc2)C(C(=O)OC(C)C)C(C)C)cc1. The maximum Gasteiger partial charge on any atom is 0.329 e. The van der Waals surface area contributed by atoms with Crippen LogP contribution in [0.15, 0.2) is 48.5 Å². The summed E-state index contributed by atoms with van der Waals surface area (Å²) < 4.78 is 10.8. The van der Waals surface area contributed by atoms with E-state index in [0.29, 0.717) is 5.02 Å². The molecule has 0 spiro atoms. The topological polar surface area (TPSA) is 38.8 Å². The molecule has 0 aliphatic heterocycles. The molecule has 2 rings (SSSR count). The number of ether oxygens (including phenoxy) is 2. The number of carbonyl (C=O) groups is 1. The van der Waals surface area contributed by atoms with Crippen LogP contribution in [-0.2, 0) is 9.53 Å². The molecule has 0 bridgehead atoms. The minimum absolute atomic E-state index is 0.0408. The quantitative estimate of drug-likeness (QED) is 0.602. The highest BCUT2D eigenvalue weighted by Crippen LogP contribution is 2.33. The normalized spacial score (nSPS) is 12.2. The highest BCUT2D eigenvalue weighted by atomic mass is 35.5. The van der Waals surface area contributed by atoms with Crippen molar-refractivity contribution in [1.82, 2.24) is 0 Å². The number of hydrogen-bond acceptors (Lipinski definition) is 4. The van der Waals surface area contributed by atoms with Gasteiger partial charge >= 0.3 is 5.97 Å². The Balaban J connectivity index is 2.52. The molecular weight excluding hydrogens is 350 g/mol. The molecule has 0 fully saturated rings. The van der Waals surface area contributed by atoms with Crippen molar-refractivity contribution in [3.8, 4) is 5.75 Å². The summed E-state index contributed by atoms with van der Waals surface area (Å²) in [4.78, 5) is 14.8. The molecule has 0 radical (unpaired) electrons. The van der Waals surface area contributed by atoms with E-state index in [2.05, 4.69) is 0 Å². The molecule has 1 unspecified atom stereocenters. The van der Waals surface area contributed by atoms with E-state index >= 15 is 0 Å². The fourth-order valence-electron chi connectivity index (χ4n) is 2.79. The van der Waals surface area contributed by atoms with Crippen molar-refractivity contribution < 1.29 is 14.3 Å². The van der Waals surface area contributed by atoms with Crippen LogP contribution in [0.4, 0.5) is 11.4 Å². The lowest BCUT2D eigenvalue weighted by molar-refractivity contribution is -0.149. The molecule has 0 N–H and O–H groups in total. The van der Waals surface area contributed by atoms with E-state index in [-0.39, 0.29) is 18.0 Å². The van der Waals surface area contributed by atoms with Crippen LogP contribution in [0, 0.1) is 5.92 Å². The summed E-state index contributed by atoms with van der Waals surface area (Å²) in [5, 5.41) is 0.647. The Bertz CT molecular complexity index is 711. The Morgan fingerprint density at radius 1 is 0.923 bits per heavy atom. The van der Waals surface area contributed by atoms with E-state index < -0.39 is 6.04 Å². The molecule has 0 aromatic heterocycles. The molecule has 0 saturated carbocycles. The maximum absolute atomic E-state index is 12.9. The lowest BCUT2D eigenvalue weighted by atomic mass is 10.0. The lowest BCUT2D eigenvalue weighted by Crippen LogP contribution is -2.44. The molecule has 2 aromatic rings. The average molecular weight is 376 g/mol. The zero-order valence-electron chi connectivity index (χ0n) is 15.9. The smallest absolute Gasteiger partial charge is 0.329 e. The number of halogens is 1. The van der Waals surface area contributed by atoms with Gasteiger partial charge in [-0.15, -0.1) is 0 Å². The summed E-state index contributed by atoms with van der Waals surface area (Å²) >= 11 is 6.05. The molecule has 5 heteroatoms. The Morgan fingerprint density at radius 2 is 1.42 bits per heavy atom. The van der Waals surface area contributed by atoms with Crippen LogP contribution in [0.25, 0.3) is 0 Å². The molecule has 4 nitrogen and oxygen atoms in total. The van der Waals surface area contributed by atoms with Gasteiger partial charge < -0.3 is 14.4 Å². The molecule has 0 saturated heterocycles. The summed E-state index contributed by atoms with van der Waals surface area (Å²) in [6.07, 6.45) is -0.174. The standard InChI is InChI=1S/C21H26ClNO3/c1-14(2)20(21(24)26-15(3)4)23(17-8-6-16(22)7-9-17)18-10-12-19(25-5)13-11-18/h6-15,20H,1-5H3. The van der Waals surface area contributed by atoms with E-state index in [1.54, 1.807) is 7.11 Å². The van der Waals surface area contributed by atoms with Gasteiger partial charge in [-0.2, -0.15) is 0 Å². The Morgan fingerprint density at radius 3 is 1.85 bits per heavy atom. The van der Waals surface area contributed by atoms with Gasteiger partial charge in [-0.1, -0.05) is 25.4 Å². The van der Waals surface area contributed by atoms with E-state index in [4.69, 9.17) is 21.1 Å². The van der Waals surface area contributed by atoms with Crippen LogP contribution in [0.2, 0.25) is 5.02 Å². The molecular formula is C21H26ClNO3. The van der Waals surface area contributed by atoms with E-state index in [1.165, 1.54) is 0 Å². The zero-order chi connectivity index (χ0) is 19.3. The fourth-order valence-corrected chi connectivity index (χ4v) is 2.92. The minimum atomic E-state index is -0.466. The molecule has 1 atom stereocenters. The third kappa shape index (κ3) is 4.92. The van der Waals surface area contributed by atoms with Crippen molar-refractivity contribution in [2.24, 2.45) is 5.92 Å². The molecule has 0 aliphatic carbocycles. The number of hydrogen-bond donors (Lipinski definition) is 0. The highest BCUT2D eigenvalue weighted by Gasteiger charge is 2.32. The van der Waals surface area contributed by atoms with Crippen molar-refractivity contribution in [1.29, 1.82) is 0 Å². The largest absolute Gasteiger partial charge is 0.497 e. The first kappa shape index (κ1) is 20.1. The summed E-state index contributed by atoms with van der Waals surface area (Å²) in [5.41, 5.74) is 1.76. The van der Waals surface area contributed by atoms with Gasteiger partial charge in [-0.25, -0.2) is 4.79 Å². The van der Waals surface area contributed by atoms with Crippen LogP contribution in [0.5, 0.6) is 5.75 Å². The first-order valence-electron chi connectivity index (χ1n) is 8.72.